The maximum absolute atomic E-state index is 13.7. The van der Waals surface area contributed by atoms with Crippen LogP contribution in [0.1, 0.15) is 56.2 Å². The maximum Gasteiger partial charge on any atom is 0.415 e. The van der Waals surface area contributed by atoms with E-state index in [1.54, 1.807) is 0 Å². The number of benzene rings is 4. The first-order valence-corrected chi connectivity index (χ1v) is 14.2. The number of imidazole rings is 1. The summed E-state index contributed by atoms with van der Waals surface area (Å²) in [7, 11) is 0. The second-order valence-electron chi connectivity index (χ2n) is 10.7. The van der Waals surface area contributed by atoms with Crippen LogP contribution >= 0.6 is 11.3 Å². The van der Waals surface area contributed by atoms with Crippen molar-refractivity contribution in [3.05, 3.63) is 107 Å². The fourth-order valence-corrected chi connectivity index (χ4v) is 6.17. The molecule has 2 heterocycles. The van der Waals surface area contributed by atoms with Gasteiger partial charge in [0.1, 0.15) is 0 Å². The monoisotopic (exact) mass is 746 g/mol. The predicted molar refractivity (Wildman–Crippen MR) is 159 cm³/mol. The molecular formula is C34H28F3IrN2S-. The van der Waals surface area contributed by atoms with Crippen molar-refractivity contribution in [2.75, 3.05) is 0 Å². The SMILES string of the molecule is CC(C)c1cc(-c2ccccc2)cc(C(C)C)c1-n1c(-c2[c-]sc3ccc(C(F)(F)F)cc23)nc2ccccc21.[Ir]. The Bertz CT molecular complexity index is 1820. The van der Waals surface area contributed by atoms with Crippen LogP contribution < -0.4 is 0 Å². The molecular weight excluding hydrogens is 718 g/mol. The summed E-state index contributed by atoms with van der Waals surface area (Å²) in [5.74, 6) is 0.971. The van der Waals surface area contributed by atoms with E-state index in [-0.39, 0.29) is 31.9 Å². The largest absolute Gasteiger partial charge is 0.415 e. The molecule has 0 aliphatic carbocycles. The van der Waals surface area contributed by atoms with E-state index >= 15 is 0 Å². The van der Waals surface area contributed by atoms with Gasteiger partial charge in [0.15, 0.2) is 0 Å². The predicted octanol–water partition coefficient (Wildman–Crippen LogP) is 10.6. The van der Waals surface area contributed by atoms with Crippen LogP contribution in [0.5, 0.6) is 0 Å². The summed E-state index contributed by atoms with van der Waals surface area (Å²) >= 11 is 1.32. The average molecular weight is 746 g/mol. The summed E-state index contributed by atoms with van der Waals surface area (Å²) in [4.78, 5) is 5.01. The Balaban J connectivity index is 0.00000337. The quantitative estimate of drug-likeness (QED) is 0.161. The number of thiophene rings is 1. The van der Waals surface area contributed by atoms with Gasteiger partial charge in [0.05, 0.1) is 16.9 Å². The molecule has 2 nitrogen and oxygen atoms in total. The number of para-hydroxylation sites is 2. The van der Waals surface area contributed by atoms with E-state index in [9.17, 15) is 13.2 Å². The Labute approximate surface area is 255 Å². The Hall–Kier alpha value is -3.25. The molecule has 0 amide bonds. The molecule has 0 aliphatic rings. The Kier molecular flexibility index (Phi) is 7.99. The molecule has 0 atom stereocenters. The summed E-state index contributed by atoms with van der Waals surface area (Å²) in [5, 5.41) is 3.81. The van der Waals surface area contributed by atoms with Crippen LogP contribution in [0, 0.1) is 5.38 Å². The Morgan fingerprint density at radius 2 is 1.41 bits per heavy atom. The number of hydrogen-bond donors (Lipinski definition) is 0. The summed E-state index contributed by atoms with van der Waals surface area (Å²) in [6, 6.07) is 26.6. The van der Waals surface area contributed by atoms with Gasteiger partial charge in [-0.3, -0.25) is 16.3 Å². The third-order valence-corrected chi connectivity index (χ3v) is 8.25. The first-order valence-electron chi connectivity index (χ1n) is 13.4. The molecule has 4 aromatic carbocycles. The van der Waals surface area contributed by atoms with Crippen molar-refractivity contribution in [3.63, 3.8) is 0 Å². The standard InChI is InChI=1S/C34H28F3N2S.Ir/c1-20(2)25-16-23(22-10-6-5-7-11-22)17-26(21(3)4)32(25)39-30-13-9-8-12-29(30)38-33(39)28-19-40-31-15-14-24(18-27(28)31)34(35,36)37;/h5-18,20-21H,1-4H3;/q-1;. The van der Waals surface area contributed by atoms with Gasteiger partial charge in [0.25, 0.3) is 0 Å². The third-order valence-electron chi connectivity index (χ3n) is 7.37. The minimum absolute atomic E-state index is 0. The minimum Gasteiger partial charge on any atom is -0.333 e. The van der Waals surface area contributed by atoms with Gasteiger partial charge >= 0.3 is 6.18 Å². The molecule has 6 rings (SSSR count). The van der Waals surface area contributed by atoms with Crippen LogP contribution in [0.3, 0.4) is 0 Å². The van der Waals surface area contributed by atoms with Crippen molar-refractivity contribution >= 4 is 32.5 Å². The first-order chi connectivity index (χ1) is 19.1. The van der Waals surface area contributed by atoms with E-state index < -0.39 is 11.7 Å². The second kappa shape index (κ2) is 11.2. The van der Waals surface area contributed by atoms with E-state index in [2.05, 4.69) is 61.9 Å². The molecule has 0 N–H and O–H groups in total. The second-order valence-corrected chi connectivity index (χ2v) is 11.6. The fraction of sp³-hybridized carbons (Fsp3) is 0.206. The van der Waals surface area contributed by atoms with Crippen molar-refractivity contribution < 1.29 is 33.3 Å². The van der Waals surface area contributed by atoms with Crippen LogP contribution in [0.4, 0.5) is 13.2 Å². The summed E-state index contributed by atoms with van der Waals surface area (Å²) < 4.78 is 44.0. The average Bonchev–Trinajstić information content (AvgIpc) is 3.53. The van der Waals surface area contributed by atoms with Gasteiger partial charge in [0.2, 0.25) is 0 Å². The van der Waals surface area contributed by atoms with Gasteiger partial charge in [-0.25, -0.2) is 0 Å². The third kappa shape index (κ3) is 5.27. The molecule has 0 spiro atoms. The van der Waals surface area contributed by atoms with E-state index in [1.807, 2.05) is 42.5 Å². The molecule has 0 bridgehead atoms. The summed E-state index contributed by atoms with van der Waals surface area (Å²) in [6.07, 6.45) is -4.43. The van der Waals surface area contributed by atoms with Crippen LogP contribution in [0.2, 0.25) is 0 Å². The summed E-state index contributed by atoms with van der Waals surface area (Å²) in [6.45, 7) is 8.72. The molecule has 0 unspecified atom stereocenters. The molecule has 41 heavy (non-hydrogen) atoms. The van der Waals surface area contributed by atoms with Gasteiger partial charge < -0.3 is 4.57 Å². The number of nitrogens with zero attached hydrogens (tertiary/aromatic N) is 2. The van der Waals surface area contributed by atoms with Gasteiger partial charge in [-0.05, 0) is 58.4 Å². The van der Waals surface area contributed by atoms with Crippen molar-refractivity contribution in [1.82, 2.24) is 9.55 Å². The van der Waals surface area contributed by atoms with Crippen molar-refractivity contribution in [2.45, 2.75) is 45.7 Å². The molecule has 2 aromatic heterocycles. The van der Waals surface area contributed by atoms with Crippen LogP contribution in [0.25, 0.3) is 49.3 Å². The van der Waals surface area contributed by atoms with E-state index in [1.165, 1.54) is 23.5 Å². The maximum atomic E-state index is 13.7. The molecule has 1 radical (unpaired) electrons. The molecule has 211 valence electrons. The number of hydrogen-bond acceptors (Lipinski definition) is 2. The van der Waals surface area contributed by atoms with Gasteiger partial charge in [-0.15, -0.1) is 5.39 Å². The van der Waals surface area contributed by atoms with Crippen molar-refractivity contribution in [1.29, 1.82) is 0 Å². The van der Waals surface area contributed by atoms with Crippen LogP contribution in [-0.2, 0) is 26.3 Å². The molecule has 0 saturated heterocycles. The van der Waals surface area contributed by atoms with E-state index in [0.29, 0.717) is 16.8 Å². The molecule has 0 aliphatic heterocycles. The van der Waals surface area contributed by atoms with Crippen molar-refractivity contribution in [3.8, 4) is 28.2 Å². The number of alkyl halides is 3. The zero-order valence-electron chi connectivity index (χ0n) is 23.0. The smallest absolute Gasteiger partial charge is 0.333 e. The van der Waals surface area contributed by atoms with Gasteiger partial charge in [0, 0.05) is 31.4 Å². The van der Waals surface area contributed by atoms with Crippen LogP contribution in [-0.4, -0.2) is 9.55 Å². The number of halogens is 3. The molecule has 6 aromatic rings. The zero-order valence-corrected chi connectivity index (χ0v) is 26.2. The Morgan fingerprint density at radius 3 is 2.05 bits per heavy atom. The molecule has 0 fully saturated rings. The first kappa shape index (κ1) is 29.2. The van der Waals surface area contributed by atoms with Crippen molar-refractivity contribution in [2.24, 2.45) is 0 Å². The number of aromatic nitrogens is 2. The van der Waals surface area contributed by atoms with Gasteiger partial charge in [-0.1, -0.05) is 104 Å². The normalized spacial score (nSPS) is 12.0. The number of fused-ring (bicyclic) bond motifs is 2. The Morgan fingerprint density at radius 1 is 0.780 bits per heavy atom. The molecule has 7 heteroatoms. The fourth-order valence-electron chi connectivity index (χ4n) is 5.35. The van der Waals surface area contributed by atoms with Gasteiger partial charge in [-0.2, -0.15) is 13.2 Å². The minimum atomic E-state index is -4.43. The van der Waals surface area contributed by atoms with E-state index in [4.69, 9.17) is 4.98 Å². The summed E-state index contributed by atoms with van der Waals surface area (Å²) in [5.41, 5.74) is 7.24. The number of rotatable bonds is 5. The molecule has 0 saturated carbocycles. The zero-order chi connectivity index (χ0) is 28.2. The van der Waals surface area contributed by atoms with E-state index in [0.717, 1.165) is 49.7 Å². The van der Waals surface area contributed by atoms with Crippen LogP contribution in [0.15, 0.2) is 84.9 Å². The topological polar surface area (TPSA) is 17.8 Å².